The van der Waals surface area contributed by atoms with Crippen molar-refractivity contribution in [2.75, 3.05) is 13.2 Å². The van der Waals surface area contributed by atoms with Gasteiger partial charge in [0.25, 0.3) is 0 Å². The third-order valence-electron chi connectivity index (χ3n) is 1.91. The quantitative estimate of drug-likeness (QED) is 0.698. The Kier molecular flexibility index (Phi) is 2.47. The molecule has 0 atom stereocenters. The average molecular weight is 180 g/mol. The molecule has 0 saturated carbocycles. The van der Waals surface area contributed by atoms with E-state index in [2.05, 4.69) is 0 Å². The van der Waals surface area contributed by atoms with Crippen LogP contribution in [-0.2, 0) is 9.47 Å². The van der Waals surface area contributed by atoms with E-state index < -0.39 is 0 Å². The molecular weight excluding hydrogens is 168 g/mol. The van der Waals surface area contributed by atoms with E-state index in [9.17, 15) is 0 Å². The summed E-state index contributed by atoms with van der Waals surface area (Å²) in [6, 6.07) is 3.76. The zero-order chi connectivity index (χ0) is 9.10. The minimum absolute atomic E-state index is 0.190. The molecule has 0 spiro atoms. The van der Waals surface area contributed by atoms with Crippen molar-refractivity contribution in [3.63, 3.8) is 0 Å². The maximum Gasteiger partial charge on any atom is 0.180 e. The molecule has 3 nitrogen and oxygen atoms in total. The Hall–Kier alpha value is -1.06. The minimum Gasteiger partial charge on any atom is -0.465 e. The van der Waals surface area contributed by atoms with Gasteiger partial charge in [0, 0.05) is 0 Å². The van der Waals surface area contributed by atoms with Crippen LogP contribution in [0.4, 0.5) is 0 Å². The number of hydrogen-bond acceptors (Lipinski definition) is 3. The number of hydrogen-bond donors (Lipinski definition) is 0. The SMILES string of the molecule is C/C(=C\c1ccco1)C1OCCO1. The molecule has 0 aromatic carbocycles. The molecule has 2 rings (SSSR count). The zero-order valence-corrected chi connectivity index (χ0v) is 7.53. The first-order valence-corrected chi connectivity index (χ1v) is 4.31. The Morgan fingerprint density at radius 3 is 2.85 bits per heavy atom. The van der Waals surface area contributed by atoms with Crippen LogP contribution in [0.3, 0.4) is 0 Å². The lowest BCUT2D eigenvalue weighted by Gasteiger charge is -2.07. The van der Waals surface area contributed by atoms with E-state index in [-0.39, 0.29) is 6.29 Å². The van der Waals surface area contributed by atoms with Gasteiger partial charge >= 0.3 is 0 Å². The van der Waals surface area contributed by atoms with E-state index in [1.807, 2.05) is 25.1 Å². The number of furan rings is 1. The van der Waals surface area contributed by atoms with Crippen LogP contribution in [0.15, 0.2) is 28.4 Å². The third-order valence-corrected chi connectivity index (χ3v) is 1.91. The van der Waals surface area contributed by atoms with Gasteiger partial charge in [0.1, 0.15) is 5.76 Å². The molecule has 2 heterocycles. The van der Waals surface area contributed by atoms with Gasteiger partial charge in [0.05, 0.1) is 19.5 Å². The van der Waals surface area contributed by atoms with Crippen molar-refractivity contribution in [2.24, 2.45) is 0 Å². The van der Waals surface area contributed by atoms with Crippen LogP contribution in [0.5, 0.6) is 0 Å². The Morgan fingerprint density at radius 1 is 1.46 bits per heavy atom. The van der Waals surface area contributed by atoms with Crippen LogP contribution < -0.4 is 0 Å². The maximum absolute atomic E-state index is 5.33. The largest absolute Gasteiger partial charge is 0.465 e. The molecule has 3 heteroatoms. The van der Waals surface area contributed by atoms with Gasteiger partial charge in [-0.15, -0.1) is 0 Å². The molecule has 1 fully saturated rings. The zero-order valence-electron chi connectivity index (χ0n) is 7.53. The van der Waals surface area contributed by atoms with Crippen molar-refractivity contribution in [3.05, 3.63) is 29.7 Å². The maximum atomic E-state index is 5.33. The molecule has 0 radical (unpaired) electrons. The molecule has 70 valence electrons. The van der Waals surface area contributed by atoms with E-state index in [4.69, 9.17) is 13.9 Å². The van der Waals surface area contributed by atoms with Crippen LogP contribution >= 0.6 is 0 Å². The van der Waals surface area contributed by atoms with Crippen molar-refractivity contribution in [2.45, 2.75) is 13.2 Å². The summed E-state index contributed by atoms with van der Waals surface area (Å²) in [6.45, 7) is 3.32. The van der Waals surface area contributed by atoms with Crippen LogP contribution in [0.1, 0.15) is 12.7 Å². The second kappa shape index (κ2) is 3.77. The normalized spacial score (nSPS) is 19.6. The van der Waals surface area contributed by atoms with Gasteiger partial charge in [0.2, 0.25) is 0 Å². The molecule has 0 unspecified atom stereocenters. The fraction of sp³-hybridized carbons (Fsp3) is 0.400. The molecule has 0 aliphatic carbocycles. The molecule has 1 aromatic heterocycles. The molecule has 13 heavy (non-hydrogen) atoms. The lowest BCUT2D eigenvalue weighted by Crippen LogP contribution is -2.08. The van der Waals surface area contributed by atoms with Crippen LogP contribution in [0.2, 0.25) is 0 Å². The lowest BCUT2D eigenvalue weighted by atomic mass is 10.2. The van der Waals surface area contributed by atoms with Gasteiger partial charge in [0.15, 0.2) is 6.29 Å². The molecule has 1 aliphatic rings. The van der Waals surface area contributed by atoms with Gasteiger partial charge in [-0.05, 0) is 30.7 Å². The first-order chi connectivity index (χ1) is 6.36. The van der Waals surface area contributed by atoms with Crippen LogP contribution in [0, 0.1) is 0 Å². The summed E-state index contributed by atoms with van der Waals surface area (Å²) in [4.78, 5) is 0. The fourth-order valence-electron chi connectivity index (χ4n) is 1.29. The first kappa shape index (κ1) is 8.53. The summed E-state index contributed by atoms with van der Waals surface area (Å²) in [5.41, 5.74) is 1.03. The van der Waals surface area contributed by atoms with Crippen LogP contribution in [-0.4, -0.2) is 19.5 Å². The summed E-state index contributed by atoms with van der Waals surface area (Å²) >= 11 is 0. The van der Waals surface area contributed by atoms with Gasteiger partial charge in [-0.3, -0.25) is 0 Å². The molecule has 1 saturated heterocycles. The monoisotopic (exact) mass is 180 g/mol. The number of rotatable bonds is 2. The first-order valence-electron chi connectivity index (χ1n) is 4.31. The highest BCUT2D eigenvalue weighted by atomic mass is 16.7. The number of ether oxygens (including phenoxy) is 2. The summed E-state index contributed by atoms with van der Waals surface area (Å²) < 4.78 is 15.8. The van der Waals surface area contributed by atoms with Gasteiger partial charge < -0.3 is 13.9 Å². The van der Waals surface area contributed by atoms with E-state index in [0.717, 1.165) is 11.3 Å². The third kappa shape index (κ3) is 1.99. The van der Waals surface area contributed by atoms with Crippen LogP contribution in [0.25, 0.3) is 6.08 Å². The van der Waals surface area contributed by atoms with Crippen molar-refractivity contribution >= 4 is 6.08 Å². The lowest BCUT2D eigenvalue weighted by molar-refractivity contribution is -0.0102. The fourth-order valence-corrected chi connectivity index (χ4v) is 1.29. The Balaban J connectivity index is 2.07. The van der Waals surface area contributed by atoms with E-state index in [0.29, 0.717) is 13.2 Å². The van der Waals surface area contributed by atoms with Crippen molar-refractivity contribution in [1.29, 1.82) is 0 Å². The van der Waals surface area contributed by atoms with Gasteiger partial charge in [-0.2, -0.15) is 0 Å². The Bertz CT molecular complexity index is 281. The summed E-state index contributed by atoms with van der Waals surface area (Å²) in [5, 5.41) is 0. The van der Waals surface area contributed by atoms with Crippen molar-refractivity contribution in [1.82, 2.24) is 0 Å². The smallest absolute Gasteiger partial charge is 0.180 e. The van der Waals surface area contributed by atoms with E-state index in [1.54, 1.807) is 6.26 Å². The second-order valence-electron chi connectivity index (χ2n) is 2.98. The second-order valence-corrected chi connectivity index (χ2v) is 2.98. The molecule has 0 bridgehead atoms. The summed E-state index contributed by atoms with van der Waals surface area (Å²) in [5.74, 6) is 0.830. The molecule has 0 N–H and O–H groups in total. The topological polar surface area (TPSA) is 31.6 Å². The highest BCUT2D eigenvalue weighted by Gasteiger charge is 2.17. The summed E-state index contributed by atoms with van der Waals surface area (Å²) in [7, 11) is 0. The molecule has 1 aliphatic heterocycles. The summed E-state index contributed by atoms with van der Waals surface area (Å²) in [6.07, 6.45) is 3.39. The van der Waals surface area contributed by atoms with E-state index in [1.165, 1.54) is 0 Å². The Labute approximate surface area is 76.9 Å². The van der Waals surface area contributed by atoms with Crippen molar-refractivity contribution < 1.29 is 13.9 Å². The van der Waals surface area contributed by atoms with Gasteiger partial charge in [-0.25, -0.2) is 0 Å². The van der Waals surface area contributed by atoms with E-state index >= 15 is 0 Å². The highest BCUT2D eigenvalue weighted by molar-refractivity contribution is 5.47. The standard InChI is InChI=1S/C10H12O3/c1-8(10-12-5-6-13-10)7-9-3-2-4-11-9/h2-4,7,10H,5-6H2,1H3/b8-7+. The van der Waals surface area contributed by atoms with Gasteiger partial charge in [-0.1, -0.05) is 0 Å². The highest BCUT2D eigenvalue weighted by Crippen LogP contribution is 2.16. The molecule has 0 amide bonds. The van der Waals surface area contributed by atoms with Crippen molar-refractivity contribution in [3.8, 4) is 0 Å². The minimum atomic E-state index is -0.190. The molecular formula is C10H12O3. The predicted molar refractivity (Wildman–Crippen MR) is 48.1 cm³/mol. The average Bonchev–Trinajstić information content (AvgIpc) is 2.74. The molecule has 1 aromatic rings. The predicted octanol–water partition coefficient (Wildman–Crippen LogP) is 2.06. The Morgan fingerprint density at radius 2 is 2.23 bits per heavy atom.